The third kappa shape index (κ3) is 4.21. The van der Waals surface area contributed by atoms with Crippen LogP contribution in [-0.2, 0) is 10.0 Å². The number of benzene rings is 1. The molecule has 24 heavy (non-hydrogen) atoms. The average molecular weight is 347 g/mol. The van der Waals surface area contributed by atoms with Gasteiger partial charge in [-0.25, -0.2) is 23.1 Å². The second-order valence-corrected chi connectivity index (χ2v) is 7.36. The number of aromatic nitrogens is 2. The number of nitrogens with one attached hydrogen (secondary N) is 2. The molecule has 0 bridgehead atoms. The maximum atomic E-state index is 12.1. The summed E-state index contributed by atoms with van der Waals surface area (Å²) in [5.41, 5.74) is 0. The highest BCUT2D eigenvalue weighted by Gasteiger charge is 2.14. The van der Waals surface area contributed by atoms with Crippen molar-refractivity contribution in [1.29, 1.82) is 0 Å². The van der Waals surface area contributed by atoms with Crippen LogP contribution in [0.5, 0.6) is 0 Å². The molecule has 1 fully saturated rings. The van der Waals surface area contributed by atoms with Crippen molar-refractivity contribution in [2.45, 2.75) is 17.7 Å². The summed E-state index contributed by atoms with van der Waals surface area (Å²) >= 11 is 0. The molecule has 1 aromatic heterocycles. The van der Waals surface area contributed by atoms with E-state index in [1.54, 1.807) is 30.3 Å². The SMILES string of the molecule is O=S(=O)(NCCNc1cc(N2CCCC2)ncn1)c1ccccc1. The summed E-state index contributed by atoms with van der Waals surface area (Å²) in [6.45, 7) is 2.77. The van der Waals surface area contributed by atoms with Gasteiger partial charge in [-0.05, 0) is 25.0 Å². The minimum atomic E-state index is -3.47. The lowest BCUT2D eigenvalue weighted by molar-refractivity contribution is 0.583. The first kappa shape index (κ1) is 16.7. The second-order valence-electron chi connectivity index (χ2n) is 5.59. The van der Waals surface area contributed by atoms with Crippen molar-refractivity contribution in [1.82, 2.24) is 14.7 Å². The van der Waals surface area contributed by atoms with Crippen LogP contribution >= 0.6 is 0 Å². The van der Waals surface area contributed by atoms with Gasteiger partial charge in [0.05, 0.1) is 4.90 Å². The fraction of sp³-hybridized carbons (Fsp3) is 0.375. The van der Waals surface area contributed by atoms with Crippen molar-refractivity contribution in [2.75, 3.05) is 36.4 Å². The lowest BCUT2D eigenvalue weighted by Crippen LogP contribution is -2.29. The highest BCUT2D eigenvalue weighted by atomic mass is 32.2. The summed E-state index contributed by atoms with van der Waals surface area (Å²) in [4.78, 5) is 11.0. The lowest BCUT2D eigenvalue weighted by atomic mass is 10.4. The Labute approximate surface area is 142 Å². The fourth-order valence-electron chi connectivity index (χ4n) is 2.62. The summed E-state index contributed by atoms with van der Waals surface area (Å²) in [6, 6.07) is 10.2. The van der Waals surface area contributed by atoms with E-state index >= 15 is 0 Å². The molecule has 0 unspecified atom stereocenters. The molecule has 1 aliphatic heterocycles. The van der Waals surface area contributed by atoms with Crippen LogP contribution in [0.1, 0.15) is 12.8 Å². The smallest absolute Gasteiger partial charge is 0.240 e. The molecule has 0 spiro atoms. The van der Waals surface area contributed by atoms with E-state index in [0.29, 0.717) is 12.4 Å². The van der Waals surface area contributed by atoms with E-state index < -0.39 is 10.0 Å². The van der Waals surface area contributed by atoms with Crippen molar-refractivity contribution in [3.05, 3.63) is 42.7 Å². The van der Waals surface area contributed by atoms with Gasteiger partial charge < -0.3 is 10.2 Å². The zero-order valence-electron chi connectivity index (χ0n) is 13.4. The molecule has 128 valence electrons. The van der Waals surface area contributed by atoms with Gasteiger partial charge in [-0.2, -0.15) is 0 Å². The lowest BCUT2D eigenvalue weighted by Gasteiger charge is -2.16. The number of hydrogen-bond donors (Lipinski definition) is 2. The van der Waals surface area contributed by atoms with Gasteiger partial charge in [-0.3, -0.25) is 0 Å². The average Bonchev–Trinajstić information content (AvgIpc) is 3.15. The Bertz CT molecular complexity index is 761. The van der Waals surface area contributed by atoms with Crippen LogP contribution in [0.15, 0.2) is 47.6 Å². The molecule has 1 aliphatic rings. The van der Waals surface area contributed by atoms with Crippen molar-refractivity contribution < 1.29 is 8.42 Å². The van der Waals surface area contributed by atoms with Crippen LogP contribution in [0.25, 0.3) is 0 Å². The van der Waals surface area contributed by atoms with Crippen LogP contribution < -0.4 is 14.9 Å². The number of hydrogen-bond acceptors (Lipinski definition) is 6. The molecule has 0 aliphatic carbocycles. The van der Waals surface area contributed by atoms with Gasteiger partial charge in [-0.1, -0.05) is 18.2 Å². The first-order valence-corrected chi connectivity index (χ1v) is 9.49. The van der Waals surface area contributed by atoms with Crippen LogP contribution in [-0.4, -0.2) is 44.6 Å². The second kappa shape index (κ2) is 7.59. The molecule has 0 atom stereocenters. The summed E-state index contributed by atoms with van der Waals surface area (Å²) < 4.78 is 26.8. The van der Waals surface area contributed by atoms with Crippen molar-refractivity contribution in [2.24, 2.45) is 0 Å². The third-order valence-corrected chi connectivity index (χ3v) is 5.34. The molecular weight excluding hydrogens is 326 g/mol. The Morgan fingerprint density at radius 2 is 1.79 bits per heavy atom. The number of anilines is 2. The number of nitrogens with zero attached hydrogens (tertiary/aromatic N) is 3. The molecule has 0 amide bonds. The van der Waals surface area contributed by atoms with E-state index in [1.807, 2.05) is 6.07 Å². The Balaban J connectivity index is 1.51. The predicted molar refractivity (Wildman–Crippen MR) is 93.6 cm³/mol. The fourth-order valence-corrected chi connectivity index (χ4v) is 3.67. The van der Waals surface area contributed by atoms with Crippen LogP contribution in [0.3, 0.4) is 0 Å². The quantitative estimate of drug-likeness (QED) is 0.738. The molecule has 2 N–H and O–H groups in total. The maximum Gasteiger partial charge on any atom is 0.240 e. The Morgan fingerprint density at radius 1 is 1.04 bits per heavy atom. The highest BCUT2D eigenvalue weighted by Crippen LogP contribution is 2.19. The molecule has 7 nitrogen and oxygen atoms in total. The van der Waals surface area contributed by atoms with E-state index in [0.717, 1.165) is 18.9 Å². The van der Waals surface area contributed by atoms with Crippen LogP contribution in [0.2, 0.25) is 0 Å². The van der Waals surface area contributed by atoms with Crippen LogP contribution in [0, 0.1) is 0 Å². The van der Waals surface area contributed by atoms with Crippen molar-refractivity contribution in [3.8, 4) is 0 Å². The molecular formula is C16H21N5O2S. The third-order valence-electron chi connectivity index (χ3n) is 3.86. The van der Waals surface area contributed by atoms with Gasteiger partial charge in [0.1, 0.15) is 18.0 Å². The van der Waals surface area contributed by atoms with E-state index in [9.17, 15) is 8.42 Å². The standard InChI is InChI=1S/C16H21N5O2S/c22-24(23,14-6-2-1-3-7-14)20-9-8-17-15-12-16(19-13-18-15)21-10-4-5-11-21/h1-3,6-7,12-13,20H,4-5,8-11H2,(H,17,18,19). The van der Waals surface area contributed by atoms with E-state index in [-0.39, 0.29) is 11.4 Å². The normalized spacial score (nSPS) is 14.8. The Morgan fingerprint density at radius 3 is 2.54 bits per heavy atom. The summed E-state index contributed by atoms with van der Waals surface area (Å²) in [7, 11) is -3.47. The first-order valence-electron chi connectivity index (χ1n) is 8.01. The zero-order chi connectivity index (χ0) is 16.8. The monoisotopic (exact) mass is 347 g/mol. The zero-order valence-corrected chi connectivity index (χ0v) is 14.2. The predicted octanol–water partition coefficient (Wildman–Crippen LogP) is 1.47. The Kier molecular flexibility index (Phi) is 5.27. The minimum Gasteiger partial charge on any atom is -0.369 e. The molecule has 2 heterocycles. The molecule has 8 heteroatoms. The van der Waals surface area contributed by atoms with E-state index in [2.05, 4.69) is 24.9 Å². The number of sulfonamides is 1. The van der Waals surface area contributed by atoms with Crippen LogP contribution in [0.4, 0.5) is 11.6 Å². The maximum absolute atomic E-state index is 12.1. The first-order chi connectivity index (χ1) is 11.6. The topological polar surface area (TPSA) is 87.2 Å². The van der Waals surface area contributed by atoms with Gasteiger partial charge in [0.25, 0.3) is 0 Å². The molecule has 3 rings (SSSR count). The van der Waals surface area contributed by atoms with Gasteiger partial charge in [0, 0.05) is 32.2 Å². The molecule has 0 radical (unpaired) electrons. The van der Waals surface area contributed by atoms with Gasteiger partial charge in [-0.15, -0.1) is 0 Å². The van der Waals surface area contributed by atoms with E-state index in [4.69, 9.17) is 0 Å². The van der Waals surface area contributed by atoms with Gasteiger partial charge >= 0.3 is 0 Å². The van der Waals surface area contributed by atoms with Gasteiger partial charge in [0.15, 0.2) is 0 Å². The van der Waals surface area contributed by atoms with Crippen molar-refractivity contribution >= 4 is 21.7 Å². The van der Waals surface area contributed by atoms with E-state index in [1.165, 1.54) is 19.2 Å². The highest BCUT2D eigenvalue weighted by molar-refractivity contribution is 7.89. The molecule has 2 aromatic rings. The summed E-state index contributed by atoms with van der Waals surface area (Å²) in [5, 5.41) is 3.13. The Hall–Kier alpha value is -2.19. The molecule has 1 saturated heterocycles. The largest absolute Gasteiger partial charge is 0.369 e. The van der Waals surface area contributed by atoms with Gasteiger partial charge in [0.2, 0.25) is 10.0 Å². The summed E-state index contributed by atoms with van der Waals surface area (Å²) in [6.07, 6.45) is 3.91. The number of rotatable bonds is 7. The minimum absolute atomic E-state index is 0.267. The molecule has 1 aromatic carbocycles. The summed E-state index contributed by atoms with van der Waals surface area (Å²) in [5.74, 6) is 1.61. The molecule has 0 saturated carbocycles. The van der Waals surface area contributed by atoms with Crippen molar-refractivity contribution in [3.63, 3.8) is 0 Å².